The molecule has 0 spiro atoms. The number of anilines is 1. The smallest absolute Gasteiger partial charge is 0.212 e. The lowest BCUT2D eigenvalue weighted by Gasteiger charge is -2.05. The number of fused-ring (bicyclic) bond motifs is 1. The van der Waals surface area contributed by atoms with Gasteiger partial charge in [0.2, 0.25) is 6.41 Å². The van der Waals surface area contributed by atoms with Crippen LogP contribution in [0, 0.1) is 6.92 Å². The summed E-state index contributed by atoms with van der Waals surface area (Å²) in [5.41, 5.74) is 5.27. The van der Waals surface area contributed by atoms with Crippen LogP contribution in [0.1, 0.15) is 5.69 Å². The van der Waals surface area contributed by atoms with Gasteiger partial charge in [0.25, 0.3) is 0 Å². The molecule has 0 saturated carbocycles. The summed E-state index contributed by atoms with van der Waals surface area (Å²) in [5, 5.41) is 7.24. The Morgan fingerprint density at radius 1 is 1.16 bits per heavy atom. The van der Waals surface area contributed by atoms with Gasteiger partial charge in [0, 0.05) is 36.3 Å². The third-order valence-electron chi connectivity index (χ3n) is 3.98. The highest BCUT2D eigenvalue weighted by molar-refractivity contribution is 5.80. The van der Waals surface area contributed by atoms with Crippen LogP contribution in [-0.2, 0) is 11.8 Å². The van der Waals surface area contributed by atoms with E-state index in [0.717, 1.165) is 33.9 Å². The molecule has 124 valence electrons. The van der Waals surface area contributed by atoms with E-state index in [2.05, 4.69) is 20.4 Å². The predicted octanol–water partition coefficient (Wildman–Crippen LogP) is 2.67. The number of imidazole rings is 1. The monoisotopic (exact) mass is 332 g/mol. The van der Waals surface area contributed by atoms with Crippen LogP contribution in [0.3, 0.4) is 0 Å². The quantitative estimate of drug-likeness (QED) is 0.583. The van der Waals surface area contributed by atoms with E-state index in [1.54, 1.807) is 10.9 Å². The van der Waals surface area contributed by atoms with Gasteiger partial charge in [0.15, 0.2) is 0 Å². The number of nitrogens with one attached hydrogen (secondary N) is 1. The molecule has 7 heteroatoms. The molecule has 7 nitrogen and oxygen atoms in total. The van der Waals surface area contributed by atoms with Crippen LogP contribution in [0.4, 0.5) is 5.82 Å². The van der Waals surface area contributed by atoms with Crippen molar-refractivity contribution in [2.24, 2.45) is 7.05 Å². The highest BCUT2D eigenvalue weighted by atomic mass is 16.1. The van der Waals surface area contributed by atoms with Gasteiger partial charge in [-0.3, -0.25) is 18.9 Å². The van der Waals surface area contributed by atoms with Crippen LogP contribution < -0.4 is 5.32 Å². The molecule has 4 rings (SSSR count). The standard InChI is InChI=1S/C18H16N6O/c1-12-4-3-5-15(21-12)18-14(10-23(2)22-18)13-6-7-16-19-8-17(20-11-25)24(16)9-13/h3-11H,1-2H3,(H,20,25). The zero-order valence-electron chi connectivity index (χ0n) is 13.8. The minimum absolute atomic E-state index is 0.617. The molecule has 0 aliphatic rings. The fraction of sp³-hybridized carbons (Fsp3) is 0.111. The average molecular weight is 332 g/mol. The number of aromatic nitrogens is 5. The summed E-state index contributed by atoms with van der Waals surface area (Å²) in [6, 6.07) is 9.78. The highest BCUT2D eigenvalue weighted by Gasteiger charge is 2.15. The predicted molar refractivity (Wildman–Crippen MR) is 95.0 cm³/mol. The summed E-state index contributed by atoms with van der Waals surface area (Å²) in [4.78, 5) is 19.6. The lowest BCUT2D eigenvalue weighted by molar-refractivity contribution is -0.105. The first-order valence-electron chi connectivity index (χ1n) is 7.81. The Kier molecular flexibility index (Phi) is 3.53. The molecule has 4 heterocycles. The Balaban J connectivity index is 1.89. The molecule has 1 N–H and O–H groups in total. The molecule has 0 aliphatic carbocycles. The largest absolute Gasteiger partial charge is 0.313 e. The SMILES string of the molecule is Cc1cccc(-c2nn(C)cc2-c2ccc3ncc(NC=O)n3c2)n1. The number of aryl methyl sites for hydroxylation is 2. The maximum absolute atomic E-state index is 10.8. The first-order chi connectivity index (χ1) is 12.2. The van der Waals surface area contributed by atoms with E-state index in [4.69, 9.17) is 0 Å². The number of carbonyl (C=O) groups is 1. The van der Waals surface area contributed by atoms with E-state index in [-0.39, 0.29) is 0 Å². The second-order valence-corrected chi connectivity index (χ2v) is 5.78. The normalized spacial score (nSPS) is 11.0. The van der Waals surface area contributed by atoms with Crippen molar-refractivity contribution in [2.75, 3.05) is 5.32 Å². The Hall–Kier alpha value is -3.48. The van der Waals surface area contributed by atoms with Crippen molar-refractivity contribution in [3.05, 3.63) is 54.6 Å². The number of amides is 1. The molecule has 0 aliphatic heterocycles. The highest BCUT2D eigenvalue weighted by Crippen LogP contribution is 2.30. The average Bonchev–Trinajstić information content (AvgIpc) is 3.19. The summed E-state index contributed by atoms with van der Waals surface area (Å²) < 4.78 is 3.61. The van der Waals surface area contributed by atoms with E-state index >= 15 is 0 Å². The molecule has 1 amide bonds. The third-order valence-corrected chi connectivity index (χ3v) is 3.98. The van der Waals surface area contributed by atoms with Crippen LogP contribution in [0.25, 0.3) is 28.2 Å². The van der Waals surface area contributed by atoms with E-state index in [1.807, 2.05) is 61.1 Å². The zero-order chi connectivity index (χ0) is 17.4. The summed E-state index contributed by atoms with van der Waals surface area (Å²) >= 11 is 0. The van der Waals surface area contributed by atoms with Gasteiger partial charge in [0.05, 0.1) is 11.9 Å². The molecule has 4 aromatic rings. The number of hydrogen-bond donors (Lipinski definition) is 1. The lowest BCUT2D eigenvalue weighted by Crippen LogP contribution is -1.98. The summed E-state index contributed by atoms with van der Waals surface area (Å²) in [6.07, 6.45) is 6.16. The molecule has 0 radical (unpaired) electrons. The summed E-state index contributed by atoms with van der Waals surface area (Å²) in [6.45, 7) is 1.96. The first kappa shape index (κ1) is 15.1. The van der Waals surface area contributed by atoms with Crippen LogP contribution >= 0.6 is 0 Å². The van der Waals surface area contributed by atoms with Gasteiger partial charge in [-0.2, -0.15) is 5.10 Å². The fourth-order valence-electron chi connectivity index (χ4n) is 2.87. The van der Waals surface area contributed by atoms with Crippen LogP contribution in [0.2, 0.25) is 0 Å². The number of pyridine rings is 2. The minimum atomic E-state index is 0.617. The van der Waals surface area contributed by atoms with Crippen LogP contribution in [0.5, 0.6) is 0 Å². The second kappa shape index (κ2) is 5.86. The van der Waals surface area contributed by atoms with Gasteiger partial charge >= 0.3 is 0 Å². The van der Waals surface area contributed by atoms with E-state index in [9.17, 15) is 4.79 Å². The fourth-order valence-corrected chi connectivity index (χ4v) is 2.87. The molecule has 4 aromatic heterocycles. The van der Waals surface area contributed by atoms with Gasteiger partial charge in [-0.1, -0.05) is 6.07 Å². The Bertz CT molecular complexity index is 1080. The van der Waals surface area contributed by atoms with Crippen molar-refractivity contribution in [1.82, 2.24) is 24.1 Å². The Labute approximate surface area is 144 Å². The Morgan fingerprint density at radius 2 is 2.04 bits per heavy atom. The van der Waals surface area contributed by atoms with E-state index in [1.165, 1.54) is 0 Å². The van der Waals surface area contributed by atoms with Crippen molar-refractivity contribution in [2.45, 2.75) is 6.92 Å². The molecular formula is C18H16N6O. The molecule has 25 heavy (non-hydrogen) atoms. The first-order valence-corrected chi connectivity index (χ1v) is 7.81. The van der Waals surface area contributed by atoms with Crippen LogP contribution in [0.15, 0.2) is 48.9 Å². The number of carbonyl (C=O) groups excluding carboxylic acids is 1. The van der Waals surface area contributed by atoms with Gasteiger partial charge in [-0.05, 0) is 31.2 Å². The van der Waals surface area contributed by atoms with Crippen molar-refractivity contribution in [3.63, 3.8) is 0 Å². The number of hydrogen-bond acceptors (Lipinski definition) is 4. The van der Waals surface area contributed by atoms with Gasteiger partial charge < -0.3 is 5.32 Å². The maximum Gasteiger partial charge on any atom is 0.212 e. The zero-order valence-corrected chi connectivity index (χ0v) is 13.8. The second-order valence-electron chi connectivity index (χ2n) is 5.78. The molecule has 0 aromatic carbocycles. The summed E-state index contributed by atoms with van der Waals surface area (Å²) in [5.74, 6) is 0.617. The molecule has 0 fully saturated rings. The topological polar surface area (TPSA) is 77.1 Å². The molecule has 0 unspecified atom stereocenters. The maximum atomic E-state index is 10.8. The van der Waals surface area contributed by atoms with Crippen LogP contribution in [-0.4, -0.2) is 30.6 Å². The molecule has 0 saturated heterocycles. The van der Waals surface area contributed by atoms with Crippen molar-refractivity contribution in [3.8, 4) is 22.5 Å². The summed E-state index contributed by atoms with van der Waals surface area (Å²) in [7, 11) is 1.89. The van der Waals surface area contributed by atoms with Gasteiger partial charge in [0.1, 0.15) is 17.2 Å². The van der Waals surface area contributed by atoms with Crippen molar-refractivity contribution in [1.29, 1.82) is 0 Å². The number of rotatable bonds is 4. The molecular weight excluding hydrogens is 316 g/mol. The van der Waals surface area contributed by atoms with E-state index < -0.39 is 0 Å². The van der Waals surface area contributed by atoms with Crippen molar-refractivity contribution < 1.29 is 4.79 Å². The van der Waals surface area contributed by atoms with Gasteiger partial charge in [-0.25, -0.2) is 4.98 Å². The lowest BCUT2D eigenvalue weighted by atomic mass is 10.1. The number of nitrogens with zero attached hydrogens (tertiary/aromatic N) is 5. The third kappa shape index (κ3) is 2.65. The Morgan fingerprint density at radius 3 is 2.84 bits per heavy atom. The molecule has 0 atom stereocenters. The molecule has 0 bridgehead atoms. The van der Waals surface area contributed by atoms with Gasteiger partial charge in [-0.15, -0.1) is 0 Å². The van der Waals surface area contributed by atoms with Crippen molar-refractivity contribution >= 4 is 17.9 Å². The minimum Gasteiger partial charge on any atom is -0.313 e. The van der Waals surface area contributed by atoms with E-state index in [0.29, 0.717) is 12.2 Å².